The number of amides is 1. The lowest BCUT2D eigenvalue weighted by atomic mass is 10.2. The second-order valence-corrected chi connectivity index (χ2v) is 5.68. The lowest BCUT2D eigenvalue weighted by Gasteiger charge is -2.24. The molecule has 2 aromatic rings. The Bertz CT molecular complexity index is 796. The molecule has 148 valence electrons. The van der Waals surface area contributed by atoms with E-state index in [1.54, 1.807) is 12.1 Å². The third-order valence-corrected chi connectivity index (χ3v) is 3.79. The van der Waals surface area contributed by atoms with E-state index in [0.717, 1.165) is 26.2 Å². The first-order chi connectivity index (χ1) is 13.3. The molecule has 12 nitrogen and oxygen atoms in total. The minimum absolute atomic E-state index is 0.0121. The molecule has 12 heteroatoms. The summed E-state index contributed by atoms with van der Waals surface area (Å²) in [5, 5.41) is 33.2. The summed E-state index contributed by atoms with van der Waals surface area (Å²) in [4.78, 5) is 42.7. The number of hydrogen-bond donors (Lipinski definition) is 1. The largest absolute Gasteiger partial charge is 0.545 e. The Morgan fingerprint density at radius 3 is 2.04 bits per heavy atom. The van der Waals surface area contributed by atoms with Crippen molar-refractivity contribution in [2.75, 3.05) is 26.2 Å². The molecule has 1 saturated heterocycles. The van der Waals surface area contributed by atoms with Crippen molar-refractivity contribution in [3.8, 4) is 0 Å². The molecule has 0 bridgehead atoms. The Morgan fingerprint density at radius 1 is 1.04 bits per heavy atom. The Labute approximate surface area is 157 Å². The Kier molecular flexibility index (Phi) is 6.76. The van der Waals surface area contributed by atoms with Gasteiger partial charge in [0.05, 0.1) is 54.3 Å². The quantitative estimate of drug-likeness (QED) is 0.517. The van der Waals surface area contributed by atoms with E-state index in [1.807, 2.05) is 4.90 Å². The van der Waals surface area contributed by atoms with E-state index in [2.05, 4.69) is 5.32 Å². The van der Waals surface area contributed by atoms with Gasteiger partial charge in [0.2, 0.25) is 0 Å². The number of hydrogen-bond acceptors (Lipinski definition) is 8. The molecular weight excluding hydrogens is 376 g/mol. The predicted octanol–water partition coefficient (Wildman–Crippen LogP) is -0.835. The highest BCUT2D eigenvalue weighted by Crippen LogP contribution is 2.22. The number of carbonyl (C=O) groups excluding carboxylic acids is 2. The summed E-state index contributed by atoms with van der Waals surface area (Å²) in [6.07, 6.45) is 1.53. The van der Waals surface area contributed by atoms with Gasteiger partial charge in [-0.2, -0.15) is 0 Å². The number of non-ortho nitro benzene ring substituents is 2. The van der Waals surface area contributed by atoms with E-state index in [4.69, 9.17) is 4.42 Å². The van der Waals surface area contributed by atoms with Crippen LogP contribution < -0.4 is 10.4 Å². The molecule has 0 saturated carbocycles. The summed E-state index contributed by atoms with van der Waals surface area (Å²) in [5.41, 5.74) is -1.93. The number of carboxylic acids is 1. The molecule has 1 fully saturated rings. The maximum absolute atomic E-state index is 11.7. The van der Waals surface area contributed by atoms with Crippen LogP contribution in [0.5, 0.6) is 0 Å². The molecule has 2 N–H and O–H groups in total. The van der Waals surface area contributed by atoms with E-state index in [1.165, 1.54) is 6.26 Å². The summed E-state index contributed by atoms with van der Waals surface area (Å²) in [6, 6.07) is 5.51. The van der Waals surface area contributed by atoms with Crippen molar-refractivity contribution in [2.45, 2.75) is 0 Å². The Hall–Kier alpha value is -3.80. The maximum Gasteiger partial charge on any atom is 0.289 e. The van der Waals surface area contributed by atoms with Crippen LogP contribution in [0.4, 0.5) is 11.4 Å². The predicted molar refractivity (Wildman–Crippen MR) is 90.4 cm³/mol. The number of nitrogens with zero attached hydrogens (tertiary/aromatic N) is 3. The molecule has 0 spiro atoms. The molecule has 1 aromatic carbocycles. The fourth-order valence-electron chi connectivity index (χ4n) is 2.43. The number of nitro groups is 2. The van der Waals surface area contributed by atoms with Crippen molar-refractivity contribution in [3.05, 3.63) is 68.1 Å². The van der Waals surface area contributed by atoms with Crippen molar-refractivity contribution in [1.82, 2.24) is 4.90 Å². The van der Waals surface area contributed by atoms with Crippen LogP contribution in [0.25, 0.3) is 0 Å². The van der Waals surface area contributed by atoms with Crippen LogP contribution in [0.15, 0.2) is 41.0 Å². The van der Waals surface area contributed by atoms with Crippen LogP contribution in [-0.4, -0.2) is 52.8 Å². The van der Waals surface area contributed by atoms with Crippen molar-refractivity contribution in [2.24, 2.45) is 0 Å². The smallest absolute Gasteiger partial charge is 0.289 e. The van der Waals surface area contributed by atoms with E-state index >= 15 is 0 Å². The van der Waals surface area contributed by atoms with Crippen LogP contribution in [0.2, 0.25) is 0 Å². The topological polar surface area (TPSA) is 176 Å². The van der Waals surface area contributed by atoms with Gasteiger partial charge >= 0.3 is 0 Å². The zero-order valence-corrected chi connectivity index (χ0v) is 14.5. The molecule has 0 aliphatic carbocycles. The zero-order chi connectivity index (χ0) is 20.7. The van der Waals surface area contributed by atoms with Crippen molar-refractivity contribution < 1.29 is 34.3 Å². The SMILES string of the molecule is O=C([O-])c1cc([N+](=O)[O-])cc([N+](=O)[O-])c1.O=C(c1ccco1)N1CC[NH2+]CC1. The number of carbonyl (C=O) groups is 2. The van der Waals surface area contributed by atoms with Gasteiger partial charge in [0.1, 0.15) is 0 Å². The van der Waals surface area contributed by atoms with Gasteiger partial charge in [-0.3, -0.25) is 25.0 Å². The number of furan rings is 1. The number of quaternary nitrogens is 1. The summed E-state index contributed by atoms with van der Waals surface area (Å²) >= 11 is 0. The van der Waals surface area contributed by atoms with Gasteiger partial charge in [-0.05, 0) is 12.1 Å². The highest BCUT2D eigenvalue weighted by atomic mass is 16.6. The van der Waals surface area contributed by atoms with Crippen molar-refractivity contribution >= 4 is 23.3 Å². The second kappa shape index (κ2) is 9.23. The molecule has 1 aliphatic heterocycles. The number of nitrogens with two attached hydrogens (primary N) is 1. The average molecular weight is 392 g/mol. The summed E-state index contributed by atoms with van der Waals surface area (Å²) in [5.74, 6) is -1.25. The molecule has 0 unspecified atom stereocenters. The number of benzene rings is 1. The highest BCUT2D eigenvalue weighted by molar-refractivity contribution is 5.91. The standard InChI is InChI=1S/C9H12N2O2.C7H4N2O6/c12-9(8-2-1-7-13-8)11-5-3-10-4-6-11;10-7(11)4-1-5(8(12)13)3-6(2-4)9(14)15/h1-2,7,10H,3-6H2;1-3H,(H,10,11). The summed E-state index contributed by atoms with van der Waals surface area (Å²) in [6.45, 7) is 3.62. The van der Waals surface area contributed by atoms with Crippen LogP contribution in [0.1, 0.15) is 20.9 Å². The molecule has 28 heavy (non-hydrogen) atoms. The fraction of sp³-hybridized carbons (Fsp3) is 0.250. The third-order valence-electron chi connectivity index (χ3n) is 3.79. The number of carboxylic acid groups (broad SMARTS) is 1. The van der Waals surface area contributed by atoms with Gasteiger partial charge in [0, 0.05) is 17.7 Å². The Balaban J connectivity index is 0.000000202. The van der Waals surface area contributed by atoms with Crippen LogP contribution in [0, 0.1) is 20.2 Å². The first-order valence-electron chi connectivity index (χ1n) is 8.09. The lowest BCUT2D eigenvalue weighted by molar-refractivity contribution is -0.661. The monoisotopic (exact) mass is 392 g/mol. The van der Waals surface area contributed by atoms with E-state index < -0.39 is 32.8 Å². The van der Waals surface area contributed by atoms with Crippen molar-refractivity contribution in [1.29, 1.82) is 0 Å². The van der Waals surface area contributed by atoms with Gasteiger partial charge in [-0.15, -0.1) is 0 Å². The molecule has 1 aromatic heterocycles. The first-order valence-corrected chi connectivity index (χ1v) is 8.09. The molecular formula is C16H16N4O8. The minimum atomic E-state index is -1.71. The highest BCUT2D eigenvalue weighted by Gasteiger charge is 2.21. The number of aromatic carboxylic acids is 1. The zero-order valence-electron chi connectivity index (χ0n) is 14.5. The molecule has 0 radical (unpaired) electrons. The second-order valence-electron chi connectivity index (χ2n) is 5.68. The maximum atomic E-state index is 11.7. The Morgan fingerprint density at radius 2 is 1.61 bits per heavy atom. The van der Waals surface area contributed by atoms with Gasteiger partial charge in [0.25, 0.3) is 17.3 Å². The van der Waals surface area contributed by atoms with Gasteiger partial charge in [-0.1, -0.05) is 0 Å². The molecule has 2 heterocycles. The fourth-order valence-corrected chi connectivity index (χ4v) is 2.43. The van der Waals surface area contributed by atoms with E-state index in [0.29, 0.717) is 24.0 Å². The van der Waals surface area contributed by atoms with Crippen molar-refractivity contribution in [3.63, 3.8) is 0 Å². The number of piperazine rings is 1. The lowest BCUT2D eigenvalue weighted by Crippen LogP contribution is -2.89. The number of nitro benzene ring substituents is 2. The van der Waals surface area contributed by atoms with Crippen LogP contribution >= 0.6 is 0 Å². The molecule has 1 aliphatic rings. The van der Waals surface area contributed by atoms with Gasteiger partial charge in [-0.25, -0.2) is 0 Å². The van der Waals surface area contributed by atoms with Crippen LogP contribution in [-0.2, 0) is 0 Å². The first kappa shape index (κ1) is 20.5. The van der Waals surface area contributed by atoms with Gasteiger partial charge in [0.15, 0.2) is 5.76 Å². The normalized spacial score (nSPS) is 13.2. The van der Waals surface area contributed by atoms with E-state index in [-0.39, 0.29) is 5.91 Å². The summed E-state index contributed by atoms with van der Waals surface area (Å²) < 4.78 is 5.05. The van der Waals surface area contributed by atoms with E-state index in [9.17, 15) is 34.9 Å². The van der Waals surface area contributed by atoms with Gasteiger partial charge < -0.3 is 24.5 Å². The third kappa shape index (κ3) is 5.35. The summed E-state index contributed by atoms with van der Waals surface area (Å²) in [7, 11) is 0. The molecule has 3 rings (SSSR count). The minimum Gasteiger partial charge on any atom is -0.545 e. The number of rotatable bonds is 4. The average Bonchev–Trinajstić information content (AvgIpc) is 3.23. The van der Waals surface area contributed by atoms with Crippen LogP contribution in [0.3, 0.4) is 0 Å². The molecule has 0 atom stereocenters. The molecule has 1 amide bonds.